The van der Waals surface area contributed by atoms with E-state index in [2.05, 4.69) is 27.8 Å². The van der Waals surface area contributed by atoms with Crippen LogP contribution in [0.3, 0.4) is 0 Å². The Morgan fingerprint density at radius 1 is 1.19 bits per heavy atom. The Kier molecular flexibility index (Phi) is 4.73. The number of likely N-dealkylation sites (N-methyl/N-ethyl adjacent to an activating group) is 1. The molecule has 0 saturated carbocycles. The summed E-state index contributed by atoms with van der Waals surface area (Å²) < 4.78 is 16.8. The van der Waals surface area contributed by atoms with E-state index >= 15 is 0 Å². The van der Waals surface area contributed by atoms with Crippen molar-refractivity contribution in [2.45, 2.75) is 13.3 Å². The maximum atomic E-state index is 14.6. The van der Waals surface area contributed by atoms with Crippen LogP contribution in [-0.2, 0) is 6.42 Å². The molecule has 0 spiro atoms. The van der Waals surface area contributed by atoms with E-state index in [0.717, 1.165) is 35.3 Å². The van der Waals surface area contributed by atoms with Gasteiger partial charge in [0.15, 0.2) is 6.54 Å². The Balaban J connectivity index is 1.44. The molecule has 2 aromatic carbocycles. The third-order valence-electron chi connectivity index (χ3n) is 6.09. The van der Waals surface area contributed by atoms with Crippen LogP contribution in [0.4, 0.5) is 4.39 Å². The Labute approximate surface area is 178 Å². The fourth-order valence-electron chi connectivity index (χ4n) is 4.43. The number of carbonyl (C=O) groups excluding carboxylic acids is 1. The lowest BCUT2D eigenvalue weighted by molar-refractivity contribution is -0.510. The van der Waals surface area contributed by atoms with Gasteiger partial charge in [0, 0.05) is 17.4 Å². The average Bonchev–Trinajstić information content (AvgIpc) is 3.37. The number of aromatic nitrogens is 2. The standard InChI is InChI=1S/C24H21FN4O2/c1-2-28-10-9-16-13-29(14-22(16)28)24(31)19-11-15(7-8-20(19)25)12-21-17-5-3-4-6-18(17)23(30)27-26-21/h3-9,11H,2,10,12-14H2,1H3/p+1. The predicted molar refractivity (Wildman–Crippen MR) is 116 cm³/mol. The molecule has 3 heterocycles. The van der Waals surface area contributed by atoms with Crippen LogP contribution < -0.4 is 5.56 Å². The highest BCUT2D eigenvalue weighted by Crippen LogP contribution is 2.23. The molecule has 1 aromatic heterocycles. The summed E-state index contributed by atoms with van der Waals surface area (Å²) in [5.41, 5.74) is 3.58. The van der Waals surface area contributed by atoms with Crippen LogP contribution in [-0.4, -0.2) is 57.5 Å². The maximum Gasteiger partial charge on any atom is 0.272 e. The van der Waals surface area contributed by atoms with Gasteiger partial charge in [0.05, 0.1) is 23.2 Å². The highest BCUT2D eigenvalue weighted by molar-refractivity contribution is 6.07. The van der Waals surface area contributed by atoms with Gasteiger partial charge in [-0.05, 0) is 36.8 Å². The molecule has 0 atom stereocenters. The van der Waals surface area contributed by atoms with Crippen LogP contribution in [0.2, 0.25) is 0 Å². The summed E-state index contributed by atoms with van der Waals surface area (Å²) in [6.45, 7) is 4.88. The Morgan fingerprint density at radius 2 is 2.00 bits per heavy atom. The number of hydrogen-bond donors (Lipinski definition) is 1. The lowest BCUT2D eigenvalue weighted by Gasteiger charge is -2.15. The Bertz CT molecular complexity index is 1340. The number of fused-ring (bicyclic) bond motifs is 2. The van der Waals surface area contributed by atoms with Crippen molar-refractivity contribution in [3.8, 4) is 0 Å². The second kappa shape index (κ2) is 7.58. The first-order chi connectivity index (χ1) is 15.0. The molecule has 0 aliphatic carbocycles. The van der Waals surface area contributed by atoms with E-state index in [1.54, 1.807) is 29.2 Å². The zero-order valence-electron chi connectivity index (χ0n) is 17.2. The molecule has 1 saturated heterocycles. The van der Waals surface area contributed by atoms with Crippen molar-refractivity contribution in [2.75, 3.05) is 26.2 Å². The van der Waals surface area contributed by atoms with E-state index < -0.39 is 5.82 Å². The number of H-pyrrole nitrogens is 1. The number of amides is 1. The van der Waals surface area contributed by atoms with Gasteiger partial charge >= 0.3 is 0 Å². The van der Waals surface area contributed by atoms with Gasteiger partial charge in [-0.1, -0.05) is 24.3 Å². The SMILES string of the molecule is CC[N+]1=C2CN(C(=O)c3cc(Cc4n[nH]c(=O)c5ccccc45)ccc3F)CC2=CC1. The summed E-state index contributed by atoms with van der Waals surface area (Å²) >= 11 is 0. The van der Waals surface area contributed by atoms with Gasteiger partial charge in [-0.2, -0.15) is 5.10 Å². The molecule has 0 unspecified atom stereocenters. The molecule has 2 aliphatic rings. The molecule has 156 valence electrons. The summed E-state index contributed by atoms with van der Waals surface area (Å²) in [4.78, 5) is 26.8. The molecule has 31 heavy (non-hydrogen) atoms. The highest BCUT2D eigenvalue weighted by Gasteiger charge is 2.37. The number of hydrogen-bond acceptors (Lipinski definition) is 3. The van der Waals surface area contributed by atoms with Gasteiger partial charge < -0.3 is 4.90 Å². The predicted octanol–water partition coefficient (Wildman–Crippen LogP) is 2.52. The van der Waals surface area contributed by atoms with Gasteiger partial charge in [0.25, 0.3) is 11.5 Å². The second-order valence-electron chi connectivity index (χ2n) is 7.91. The summed E-state index contributed by atoms with van der Waals surface area (Å²) in [5.74, 6) is -0.839. The molecule has 6 nitrogen and oxygen atoms in total. The van der Waals surface area contributed by atoms with Crippen molar-refractivity contribution in [1.82, 2.24) is 15.1 Å². The van der Waals surface area contributed by atoms with Crippen LogP contribution in [0.15, 0.2) is 58.9 Å². The molecule has 1 N–H and O–H groups in total. The number of rotatable bonds is 4. The molecule has 1 fully saturated rings. The van der Waals surface area contributed by atoms with E-state index in [9.17, 15) is 14.0 Å². The Hall–Kier alpha value is -3.61. The third kappa shape index (κ3) is 3.36. The van der Waals surface area contributed by atoms with E-state index in [1.807, 2.05) is 12.1 Å². The smallest absolute Gasteiger partial charge is 0.272 e. The first kappa shape index (κ1) is 19.4. The average molecular weight is 417 g/mol. The fraction of sp³-hybridized carbons (Fsp3) is 0.250. The summed E-state index contributed by atoms with van der Waals surface area (Å²) in [6.07, 6.45) is 2.52. The van der Waals surface area contributed by atoms with E-state index in [1.165, 1.54) is 6.07 Å². The number of aromatic amines is 1. The lowest BCUT2D eigenvalue weighted by Crippen LogP contribution is -2.31. The van der Waals surface area contributed by atoms with Crippen molar-refractivity contribution >= 4 is 22.4 Å². The molecule has 3 aromatic rings. The zero-order valence-corrected chi connectivity index (χ0v) is 17.2. The molecular formula is C24H22FN4O2+. The maximum absolute atomic E-state index is 14.6. The quantitative estimate of drug-likeness (QED) is 0.664. The first-order valence-corrected chi connectivity index (χ1v) is 10.4. The molecule has 0 radical (unpaired) electrons. The fourth-order valence-corrected chi connectivity index (χ4v) is 4.43. The molecule has 1 amide bonds. The highest BCUT2D eigenvalue weighted by atomic mass is 19.1. The lowest BCUT2D eigenvalue weighted by atomic mass is 10.0. The summed E-state index contributed by atoms with van der Waals surface area (Å²) in [5, 5.41) is 8.01. The molecule has 5 rings (SSSR count). The van der Waals surface area contributed by atoms with Crippen LogP contribution >= 0.6 is 0 Å². The van der Waals surface area contributed by atoms with Crippen molar-refractivity contribution in [2.24, 2.45) is 0 Å². The van der Waals surface area contributed by atoms with E-state index in [0.29, 0.717) is 30.6 Å². The molecule has 7 heteroatoms. The van der Waals surface area contributed by atoms with E-state index in [-0.39, 0.29) is 17.0 Å². The minimum atomic E-state index is -0.531. The number of benzene rings is 2. The zero-order chi connectivity index (χ0) is 21.5. The monoisotopic (exact) mass is 417 g/mol. The number of halogens is 1. The minimum Gasteiger partial charge on any atom is -0.324 e. The molecular weight excluding hydrogens is 395 g/mol. The number of carbonyl (C=O) groups is 1. The minimum absolute atomic E-state index is 0.0652. The van der Waals surface area contributed by atoms with Crippen molar-refractivity contribution in [3.63, 3.8) is 0 Å². The summed E-state index contributed by atoms with van der Waals surface area (Å²) in [6, 6.07) is 11.8. The number of nitrogens with zero attached hydrogens (tertiary/aromatic N) is 3. The van der Waals surface area contributed by atoms with Crippen LogP contribution in [0.1, 0.15) is 28.5 Å². The molecule has 2 aliphatic heterocycles. The normalized spacial score (nSPS) is 15.5. The second-order valence-corrected chi connectivity index (χ2v) is 7.91. The molecule has 0 bridgehead atoms. The number of likely N-dealkylation sites (tertiary alicyclic amines) is 1. The largest absolute Gasteiger partial charge is 0.324 e. The van der Waals surface area contributed by atoms with Crippen molar-refractivity contribution < 1.29 is 13.8 Å². The van der Waals surface area contributed by atoms with Crippen LogP contribution in [0, 0.1) is 5.82 Å². The third-order valence-corrected chi connectivity index (χ3v) is 6.09. The van der Waals surface area contributed by atoms with Gasteiger partial charge in [-0.25, -0.2) is 14.1 Å². The van der Waals surface area contributed by atoms with Crippen LogP contribution in [0.5, 0.6) is 0 Å². The van der Waals surface area contributed by atoms with Gasteiger partial charge in [0.2, 0.25) is 5.71 Å². The van der Waals surface area contributed by atoms with Gasteiger partial charge in [-0.15, -0.1) is 0 Å². The van der Waals surface area contributed by atoms with Crippen LogP contribution in [0.25, 0.3) is 10.8 Å². The Morgan fingerprint density at radius 3 is 2.81 bits per heavy atom. The number of nitrogens with one attached hydrogen (secondary N) is 1. The van der Waals surface area contributed by atoms with Gasteiger partial charge in [-0.3, -0.25) is 9.59 Å². The van der Waals surface area contributed by atoms with Gasteiger partial charge in [0.1, 0.15) is 18.9 Å². The van der Waals surface area contributed by atoms with Crippen molar-refractivity contribution in [1.29, 1.82) is 0 Å². The topological polar surface area (TPSA) is 69.1 Å². The summed E-state index contributed by atoms with van der Waals surface area (Å²) in [7, 11) is 0. The van der Waals surface area contributed by atoms with E-state index in [4.69, 9.17) is 0 Å². The first-order valence-electron chi connectivity index (χ1n) is 10.4. The van der Waals surface area contributed by atoms with Crippen molar-refractivity contribution in [3.05, 3.63) is 87.1 Å².